The summed E-state index contributed by atoms with van der Waals surface area (Å²) in [5.74, 6) is 0. The molecule has 0 bridgehead atoms. The average Bonchev–Trinajstić information content (AvgIpc) is 2.97. The molecule has 0 atom stereocenters. The number of furan rings is 1. The van der Waals surface area contributed by atoms with Crippen molar-refractivity contribution in [3.05, 3.63) is 36.5 Å². The number of rotatable bonds is 4. The Morgan fingerprint density at radius 3 is 3.12 bits per heavy atom. The van der Waals surface area contributed by atoms with Crippen molar-refractivity contribution in [2.24, 2.45) is 0 Å². The van der Waals surface area contributed by atoms with Crippen molar-refractivity contribution in [2.45, 2.75) is 20.0 Å². The molecule has 0 aromatic carbocycles. The molecule has 0 aliphatic carbocycles. The Morgan fingerprint density at radius 2 is 2.47 bits per heavy atom. The van der Waals surface area contributed by atoms with Gasteiger partial charge in [0.25, 0.3) is 0 Å². The molecule has 2 rings (SSSR count). The van der Waals surface area contributed by atoms with Crippen LogP contribution < -0.4 is 10.6 Å². The summed E-state index contributed by atoms with van der Waals surface area (Å²) in [4.78, 5) is 11.5. The Kier molecular flexibility index (Phi) is 3.44. The van der Waals surface area contributed by atoms with Gasteiger partial charge < -0.3 is 15.1 Å². The van der Waals surface area contributed by atoms with E-state index < -0.39 is 0 Å². The van der Waals surface area contributed by atoms with E-state index in [1.807, 2.05) is 6.92 Å². The molecule has 2 aromatic heterocycles. The number of hydrogen-bond acceptors (Lipinski definition) is 3. The highest BCUT2D eigenvalue weighted by molar-refractivity contribution is 5.88. The summed E-state index contributed by atoms with van der Waals surface area (Å²) in [5, 5.41) is 9.47. The van der Waals surface area contributed by atoms with Gasteiger partial charge in [0.1, 0.15) is 0 Å². The minimum atomic E-state index is -0.262. The average molecular weight is 234 g/mol. The van der Waals surface area contributed by atoms with Crippen LogP contribution >= 0.6 is 0 Å². The van der Waals surface area contributed by atoms with Crippen LogP contribution in [0.4, 0.5) is 10.5 Å². The van der Waals surface area contributed by atoms with Crippen LogP contribution in [0, 0.1) is 0 Å². The molecule has 0 unspecified atom stereocenters. The van der Waals surface area contributed by atoms with E-state index >= 15 is 0 Å². The van der Waals surface area contributed by atoms with Crippen molar-refractivity contribution in [1.29, 1.82) is 0 Å². The molecule has 90 valence electrons. The maximum Gasteiger partial charge on any atom is 0.319 e. The number of amides is 2. The smallest absolute Gasteiger partial charge is 0.319 e. The van der Waals surface area contributed by atoms with Crippen LogP contribution in [0.25, 0.3) is 0 Å². The van der Waals surface area contributed by atoms with Gasteiger partial charge in [-0.05, 0) is 13.0 Å². The number of nitrogens with one attached hydrogen (secondary N) is 2. The fourth-order valence-corrected chi connectivity index (χ4v) is 1.35. The molecule has 6 heteroatoms. The highest BCUT2D eigenvalue weighted by Gasteiger charge is 2.03. The van der Waals surface area contributed by atoms with Crippen LogP contribution in [0.2, 0.25) is 0 Å². The van der Waals surface area contributed by atoms with Gasteiger partial charge >= 0.3 is 6.03 Å². The first kappa shape index (κ1) is 11.3. The van der Waals surface area contributed by atoms with E-state index in [9.17, 15) is 4.79 Å². The second-order valence-corrected chi connectivity index (χ2v) is 3.52. The van der Waals surface area contributed by atoms with Gasteiger partial charge in [0.05, 0.1) is 24.4 Å². The summed E-state index contributed by atoms with van der Waals surface area (Å²) < 4.78 is 6.64. The van der Waals surface area contributed by atoms with Gasteiger partial charge in [-0.2, -0.15) is 5.10 Å². The van der Waals surface area contributed by atoms with E-state index in [-0.39, 0.29) is 6.03 Å². The number of urea groups is 1. The number of nitrogens with zero attached hydrogens (tertiary/aromatic N) is 2. The summed E-state index contributed by atoms with van der Waals surface area (Å²) in [6.07, 6.45) is 6.55. The number of aryl methyl sites for hydroxylation is 1. The summed E-state index contributed by atoms with van der Waals surface area (Å²) in [7, 11) is 0. The zero-order valence-corrected chi connectivity index (χ0v) is 9.51. The molecule has 0 fully saturated rings. The van der Waals surface area contributed by atoms with Crippen LogP contribution in [0.5, 0.6) is 0 Å². The van der Waals surface area contributed by atoms with Gasteiger partial charge in [-0.15, -0.1) is 0 Å². The molecule has 2 heterocycles. The third kappa shape index (κ3) is 3.10. The van der Waals surface area contributed by atoms with Gasteiger partial charge in [-0.3, -0.25) is 4.68 Å². The molecule has 17 heavy (non-hydrogen) atoms. The van der Waals surface area contributed by atoms with Gasteiger partial charge in [-0.25, -0.2) is 4.79 Å². The van der Waals surface area contributed by atoms with Gasteiger partial charge in [0.2, 0.25) is 0 Å². The van der Waals surface area contributed by atoms with E-state index in [1.54, 1.807) is 35.7 Å². The summed E-state index contributed by atoms with van der Waals surface area (Å²) in [6.45, 7) is 3.19. The van der Waals surface area contributed by atoms with Crippen molar-refractivity contribution in [1.82, 2.24) is 15.1 Å². The van der Waals surface area contributed by atoms with E-state index in [4.69, 9.17) is 4.42 Å². The van der Waals surface area contributed by atoms with Crippen LogP contribution in [-0.4, -0.2) is 15.8 Å². The summed E-state index contributed by atoms with van der Waals surface area (Å²) >= 11 is 0. The molecular formula is C11H14N4O2. The van der Waals surface area contributed by atoms with Crippen LogP contribution in [0.1, 0.15) is 12.5 Å². The fourth-order valence-electron chi connectivity index (χ4n) is 1.35. The fraction of sp³-hybridized carbons (Fsp3) is 0.273. The van der Waals surface area contributed by atoms with E-state index in [1.165, 1.54) is 0 Å². The summed E-state index contributed by atoms with van der Waals surface area (Å²) in [5.41, 5.74) is 1.60. The molecule has 0 radical (unpaired) electrons. The van der Waals surface area contributed by atoms with Crippen molar-refractivity contribution < 1.29 is 9.21 Å². The molecule has 2 aromatic rings. The molecule has 2 N–H and O–H groups in total. The Bertz CT molecular complexity index is 475. The molecule has 2 amide bonds. The van der Waals surface area contributed by atoms with Gasteiger partial charge in [0, 0.05) is 24.8 Å². The van der Waals surface area contributed by atoms with E-state index in [0.29, 0.717) is 12.2 Å². The first-order chi connectivity index (χ1) is 8.28. The largest absolute Gasteiger partial charge is 0.472 e. The highest BCUT2D eigenvalue weighted by atomic mass is 16.3. The molecule has 0 aliphatic rings. The monoisotopic (exact) mass is 234 g/mol. The number of anilines is 1. The van der Waals surface area contributed by atoms with Gasteiger partial charge in [0.15, 0.2) is 0 Å². The lowest BCUT2D eigenvalue weighted by Gasteiger charge is -2.03. The zero-order chi connectivity index (χ0) is 12.1. The summed E-state index contributed by atoms with van der Waals surface area (Å²) in [6, 6.07) is 1.54. The van der Waals surface area contributed by atoms with Crippen LogP contribution in [-0.2, 0) is 13.1 Å². The molecule has 0 spiro atoms. The van der Waals surface area contributed by atoms with Gasteiger partial charge in [-0.1, -0.05) is 0 Å². The standard InChI is InChI=1S/C11H14N4O2/c1-2-15-7-10(6-13-15)14-11(16)12-5-9-3-4-17-8-9/h3-4,6-8H,2,5H2,1H3,(H2,12,14,16). The Morgan fingerprint density at radius 1 is 1.59 bits per heavy atom. The third-order valence-electron chi connectivity index (χ3n) is 2.25. The highest BCUT2D eigenvalue weighted by Crippen LogP contribution is 2.04. The van der Waals surface area contributed by atoms with E-state index in [0.717, 1.165) is 12.1 Å². The lowest BCUT2D eigenvalue weighted by molar-refractivity contribution is 0.251. The first-order valence-corrected chi connectivity index (χ1v) is 5.36. The van der Waals surface area contributed by atoms with E-state index in [2.05, 4.69) is 15.7 Å². The zero-order valence-electron chi connectivity index (χ0n) is 9.51. The maximum absolute atomic E-state index is 11.5. The quantitative estimate of drug-likeness (QED) is 0.847. The maximum atomic E-state index is 11.5. The second-order valence-electron chi connectivity index (χ2n) is 3.52. The van der Waals surface area contributed by atoms with Crippen molar-refractivity contribution in [3.63, 3.8) is 0 Å². The normalized spacial score (nSPS) is 10.2. The van der Waals surface area contributed by atoms with Crippen molar-refractivity contribution in [3.8, 4) is 0 Å². The number of carbonyl (C=O) groups excluding carboxylic acids is 1. The van der Waals surface area contributed by atoms with Crippen molar-refractivity contribution in [2.75, 3.05) is 5.32 Å². The predicted octanol–water partition coefficient (Wildman–Crippen LogP) is 1.82. The molecule has 6 nitrogen and oxygen atoms in total. The lowest BCUT2D eigenvalue weighted by atomic mass is 10.3. The topological polar surface area (TPSA) is 72.1 Å². The minimum absolute atomic E-state index is 0.262. The minimum Gasteiger partial charge on any atom is -0.472 e. The molecular weight excluding hydrogens is 220 g/mol. The van der Waals surface area contributed by atoms with Crippen LogP contribution in [0.3, 0.4) is 0 Å². The number of aromatic nitrogens is 2. The SMILES string of the molecule is CCn1cc(NC(=O)NCc2ccoc2)cn1. The van der Waals surface area contributed by atoms with Crippen LogP contribution in [0.15, 0.2) is 35.4 Å². The molecule has 0 saturated carbocycles. The first-order valence-electron chi connectivity index (χ1n) is 5.36. The molecule has 0 saturated heterocycles. The van der Waals surface area contributed by atoms with Crippen molar-refractivity contribution >= 4 is 11.7 Å². The number of carbonyl (C=O) groups is 1. The Hall–Kier alpha value is -2.24. The predicted molar refractivity (Wildman–Crippen MR) is 62.5 cm³/mol. The lowest BCUT2D eigenvalue weighted by Crippen LogP contribution is -2.27. The number of hydrogen-bond donors (Lipinski definition) is 2. The Balaban J connectivity index is 1.81. The second kappa shape index (κ2) is 5.20. The molecule has 0 aliphatic heterocycles. The third-order valence-corrected chi connectivity index (χ3v) is 2.25. The Labute approximate surface area is 98.6 Å².